The van der Waals surface area contributed by atoms with Crippen LogP contribution < -0.4 is 5.32 Å². The number of nitrogens with one attached hydrogen (secondary N) is 1. The summed E-state index contributed by atoms with van der Waals surface area (Å²) >= 11 is 1.70. The van der Waals surface area contributed by atoms with Gasteiger partial charge < -0.3 is 5.32 Å². The molecule has 102 valence electrons. The number of thiophene rings is 1. The highest BCUT2D eigenvalue weighted by Crippen LogP contribution is 2.20. The molecular formula is C15H17F2NS. The van der Waals surface area contributed by atoms with Crippen molar-refractivity contribution in [3.05, 3.63) is 57.3 Å². The molecule has 0 radical (unpaired) electrons. The molecule has 1 aromatic heterocycles. The summed E-state index contributed by atoms with van der Waals surface area (Å²) in [6.45, 7) is 4.16. The van der Waals surface area contributed by atoms with E-state index < -0.39 is 0 Å². The standard InChI is InChI=1S/C15H17F2NS/c1-10-8-15(17)13(9-14(10)16)11(2)18-6-5-12-4-3-7-19-12/h3-4,7-9,11,18H,5-6H2,1-2H3. The second-order valence-corrected chi connectivity index (χ2v) is 5.66. The van der Waals surface area contributed by atoms with Gasteiger partial charge in [0.25, 0.3) is 0 Å². The fraction of sp³-hybridized carbons (Fsp3) is 0.333. The van der Waals surface area contributed by atoms with Crippen molar-refractivity contribution >= 4 is 11.3 Å². The Balaban J connectivity index is 1.96. The Kier molecular flexibility index (Phi) is 4.66. The van der Waals surface area contributed by atoms with Crippen LogP contribution in [0.5, 0.6) is 0 Å². The fourth-order valence-electron chi connectivity index (χ4n) is 1.97. The lowest BCUT2D eigenvalue weighted by Crippen LogP contribution is -2.22. The first kappa shape index (κ1) is 14.2. The van der Waals surface area contributed by atoms with Crippen molar-refractivity contribution in [2.45, 2.75) is 26.3 Å². The first-order valence-corrected chi connectivity index (χ1v) is 7.17. The Labute approximate surface area is 116 Å². The number of hydrogen-bond donors (Lipinski definition) is 1. The van der Waals surface area contributed by atoms with Crippen molar-refractivity contribution in [1.29, 1.82) is 0 Å². The summed E-state index contributed by atoms with van der Waals surface area (Å²) < 4.78 is 27.2. The lowest BCUT2D eigenvalue weighted by atomic mass is 10.0. The van der Waals surface area contributed by atoms with E-state index in [0.29, 0.717) is 11.1 Å². The SMILES string of the molecule is Cc1cc(F)c(C(C)NCCc2cccs2)cc1F. The molecule has 4 heteroatoms. The fourth-order valence-corrected chi connectivity index (χ4v) is 2.68. The van der Waals surface area contributed by atoms with Crippen molar-refractivity contribution in [2.75, 3.05) is 6.54 Å². The molecule has 0 saturated carbocycles. The van der Waals surface area contributed by atoms with E-state index in [1.165, 1.54) is 17.0 Å². The highest BCUT2D eigenvalue weighted by Gasteiger charge is 2.13. The molecule has 0 aliphatic heterocycles. The molecule has 0 saturated heterocycles. The maximum absolute atomic E-state index is 13.8. The third-order valence-corrected chi connectivity index (χ3v) is 4.08. The van der Waals surface area contributed by atoms with Gasteiger partial charge in [0.05, 0.1) is 0 Å². The minimum atomic E-state index is -0.358. The molecule has 1 atom stereocenters. The van der Waals surface area contributed by atoms with Gasteiger partial charge in [0.2, 0.25) is 0 Å². The van der Waals surface area contributed by atoms with Gasteiger partial charge in [-0.2, -0.15) is 0 Å². The molecule has 0 fully saturated rings. The molecule has 1 N–H and O–H groups in total. The van der Waals surface area contributed by atoms with Crippen LogP contribution in [0.25, 0.3) is 0 Å². The van der Waals surface area contributed by atoms with E-state index in [0.717, 1.165) is 13.0 Å². The van der Waals surface area contributed by atoms with Crippen LogP contribution in [0.1, 0.15) is 29.0 Å². The van der Waals surface area contributed by atoms with Crippen molar-refractivity contribution in [2.24, 2.45) is 0 Å². The van der Waals surface area contributed by atoms with Crippen LogP contribution in [0.2, 0.25) is 0 Å². The third-order valence-electron chi connectivity index (χ3n) is 3.15. The topological polar surface area (TPSA) is 12.0 Å². The van der Waals surface area contributed by atoms with E-state index in [1.54, 1.807) is 18.3 Å². The number of benzene rings is 1. The van der Waals surface area contributed by atoms with Gasteiger partial charge >= 0.3 is 0 Å². The van der Waals surface area contributed by atoms with E-state index in [4.69, 9.17) is 0 Å². The maximum atomic E-state index is 13.8. The number of aryl methyl sites for hydroxylation is 1. The minimum absolute atomic E-state index is 0.199. The zero-order valence-corrected chi connectivity index (χ0v) is 11.9. The van der Waals surface area contributed by atoms with Crippen LogP contribution in [0.4, 0.5) is 8.78 Å². The van der Waals surface area contributed by atoms with Crippen LogP contribution in [-0.4, -0.2) is 6.54 Å². The first-order chi connectivity index (χ1) is 9.08. The summed E-state index contributed by atoms with van der Waals surface area (Å²) in [5.74, 6) is -0.710. The summed E-state index contributed by atoms with van der Waals surface area (Å²) in [5, 5.41) is 5.26. The van der Waals surface area contributed by atoms with Gasteiger partial charge in [0.1, 0.15) is 11.6 Å². The smallest absolute Gasteiger partial charge is 0.128 e. The molecule has 2 aromatic rings. The molecule has 0 aliphatic rings. The van der Waals surface area contributed by atoms with Gasteiger partial charge in [-0.3, -0.25) is 0 Å². The first-order valence-electron chi connectivity index (χ1n) is 6.29. The molecule has 1 heterocycles. The minimum Gasteiger partial charge on any atom is -0.310 e. The third kappa shape index (κ3) is 3.61. The highest BCUT2D eigenvalue weighted by atomic mass is 32.1. The zero-order valence-electron chi connectivity index (χ0n) is 11.0. The highest BCUT2D eigenvalue weighted by molar-refractivity contribution is 7.09. The van der Waals surface area contributed by atoms with Gasteiger partial charge in [0.15, 0.2) is 0 Å². The Morgan fingerprint density at radius 1 is 1.26 bits per heavy atom. The van der Waals surface area contributed by atoms with Crippen molar-refractivity contribution < 1.29 is 8.78 Å². The molecule has 1 unspecified atom stereocenters. The average Bonchev–Trinajstić information content (AvgIpc) is 2.86. The van der Waals surface area contributed by atoms with E-state index >= 15 is 0 Å². The van der Waals surface area contributed by atoms with E-state index in [2.05, 4.69) is 11.4 Å². The van der Waals surface area contributed by atoms with Gasteiger partial charge in [-0.25, -0.2) is 8.78 Å². The number of halogens is 2. The van der Waals surface area contributed by atoms with Crippen LogP contribution in [0, 0.1) is 18.6 Å². The summed E-state index contributed by atoms with van der Waals surface area (Å²) in [5.41, 5.74) is 0.723. The van der Waals surface area contributed by atoms with E-state index in [9.17, 15) is 8.78 Å². The van der Waals surface area contributed by atoms with Gasteiger partial charge in [-0.1, -0.05) is 6.07 Å². The van der Waals surface area contributed by atoms with Crippen LogP contribution >= 0.6 is 11.3 Å². The van der Waals surface area contributed by atoms with Crippen LogP contribution in [0.3, 0.4) is 0 Å². The van der Waals surface area contributed by atoms with Crippen molar-refractivity contribution in [1.82, 2.24) is 5.32 Å². The molecule has 1 nitrogen and oxygen atoms in total. The van der Waals surface area contributed by atoms with E-state index in [-0.39, 0.29) is 17.7 Å². The Bertz CT molecular complexity index is 537. The van der Waals surface area contributed by atoms with E-state index in [1.807, 2.05) is 18.4 Å². The molecule has 0 spiro atoms. The molecular weight excluding hydrogens is 264 g/mol. The number of rotatable bonds is 5. The predicted octanol–water partition coefficient (Wildman–Crippen LogP) is 4.23. The second-order valence-electron chi connectivity index (χ2n) is 4.63. The van der Waals surface area contributed by atoms with Crippen LogP contribution in [0.15, 0.2) is 29.6 Å². The molecule has 19 heavy (non-hydrogen) atoms. The Morgan fingerprint density at radius 2 is 2.05 bits per heavy atom. The normalized spacial score (nSPS) is 12.6. The summed E-state index contributed by atoms with van der Waals surface area (Å²) in [7, 11) is 0. The quantitative estimate of drug-likeness (QED) is 0.865. The number of hydrogen-bond acceptors (Lipinski definition) is 2. The largest absolute Gasteiger partial charge is 0.310 e. The van der Waals surface area contributed by atoms with Gasteiger partial charge in [0, 0.05) is 23.0 Å². The van der Waals surface area contributed by atoms with Crippen molar-refractivity contribution in [3.63, 3.8) is 0 Å². The summed E-state index contributed by atoms with van der Waals surface area (Å²) in [6.07, 6.45) is 0.901. The molecule has 0 amide bonds. The Hall–Kier alpha value is -1.26. The lowest BCUT2D eigenvalue weighted by Gasteiger charge is -2.15. The predicted molar refractivity (Wildman–Crippen MR) is 75.5 cm³/mol. The van der Waals surface area contributed by atoms with Gasteiger partial charge in [-0.05, 0) is 49.4 Å². The lowest BCUT2D eigenvalue weighted by molar-refractivity contribution is 0.519. The van der Waals surface area contributed by atoms with Gasteiger partial charge in [-0.15, -0.1) is 11.3 Å². The summed E-state index contributed by atoms with van der Waals surface area (Å²) in [4.78, 5) is 1.29. The molecule has 2 rings (SSSR count). The molecule has 0 bridgehead atoms. The molecule has 1 aromatic carbocycles. The zero-order chi connectivity index (χ0) is 13.8. The summed E-state index contributed by atoms with van der Waals surface area (Å²) in [6, 6.07) is 6.42. The van der Waals surface area contributed by atoms with Crippen LogP contribution in [-0.2, 0) is 6.42 Å². The second kappa shape index (κ2) is 6.26. The monoisotopic (exact) mass is 281 g/mol. The Morgan fingerprint density at radius 3 is 2.74 bits per heavy atom. The average molecular weight is 281 g/mol. The maximum Gasteiger partial charge on any atom is 0.128 e. The molecule has 0 aliphatic carbocycles. The van der Waals surface area contributed by atoms with Crippen molar-refractivity contribution in [3.8, 4) is 0 Å².